The molecule has 0 saturated heterocycles. The van der Waals surface area contributed by atoms with Crippen LogP contribution < -0.4 is 10.5 Å². The summed E-state index contributed by atoms with van der Waals surface area (Å²) in [6.45, 7) is 0.656. The minimum atomic E-state index is -0.430. The number of ether oxygens (including phenoxy) is 1. The monoisotopic (exact) mass is 258 g/mol. The van der Waals surface area contributed by atoms with Gasteiger partial charge in [0, 0.05) is 17.5 Å². The Hall–Kier alpha value is -2.07. The second-order valence-electron chi connectivity index (χ2n) is 4.75. The van der Waals surface area contributed by atoms with Gasteiger partial charge in [-0.1, -0.05) is 24.3 Å². The molecular formula is C15H18N2O2. The molecule has 19 heavy (non-hydrogen) atoms. The van der Waals surface area contributed by atoms with E-state index in [1.165, 1.54) is 0 Å². The number of benzene rings is 2. The molecule has 2 rings (SSSR count). The van der Waals surface area contributed by atoms with Gasteiger partial charge in [-0.3, -0.25) is 4.79 Å². The number of carbonyl (C=O) groups is 1. The Morgan fingerprint density at radius 2 is 1.89 bits per heavy atom. The maximum Gasteiger partial charge on any atom is 0.249 e. The first-order valence-corrected chi connectivity index (χ1v) is 6.07. The molecule has 1 amide bonds. The van der Waals surface area contributed by atoms with Crippen LogP contribution >= 0.6 is 0 Å². The standard InChI is InChI=1S/C15H18N2O2/c1-17(2)9-13-10-6-4-5-7-11(10)14(19-3)8-12(13)15(16)18/h4-8H,9H2,1-3H3,(H2,16,18). The van der Waals surface area contributed by atoms with Crippen LogP contribution in [-0.2, 0) is 6.54 Å². The van der Waals surface area contributed by atoms with Crippen LogP contribution in [0, 0.1) is 0 Å². The molecule has 0 aliphatic heterocycles. The molecular weight excluding hydrogens is 240 g/mol. The van der Waals surface area contributed by atoms with Gasteiger partial charge in [-0.25, -0.2) is 0 Å². The molecule has 0 radical (unpaired) electrons. The van der Waals surface area contributed by atoms with E-state index in [9.17, 15) is 4.79 Å². The molecule has 100 valence electrons. The second-order valence-corrected chi connectivity index (χ2v) is 4.75. The van der Waals surface area contributed by atoms with Gasteiger partial charge in [0.15, 0.2) is 0 Å². The van der Waals surface area contributed by atoms with E-state index in [2.05, 4.69) is 0 Å². The van der Waals surface area contributed by atoms with Crippen LogP contribution in [0.25, 0.3) is 10.8 Å². The van der Waals surface area contributed by atoms with Gasteiger partial charge in [0.1, 0.15) is 5.75 Å². The second kappa shape index (κ2) is 5.28. The van der Waals surface area contributed by atoms with Crippen LogP contribution in [0.5, 0.6) is 5.75 Å². The fraction of sp³-hybridized carbons (Fsp3) is 0.267. The van der Waals surface area contributed by atoms with Crippen molar-refractivity contribution in [2.75, 3.05) is 21.2 Å². The third-order valence-corrected chi connectivity index (χ3v) is 3.08. The van der Waals surface area contributed by atoms with Crippen LogP contribution in [0.3, 0.4) is 0 Å². The smallest absolute Gasteiger partial charge is 0.249 e. The molecule has 0 aliphatic carbocycles. The molecule has 4 heteroatoms. The maximum absolute atomic E-state index is 11.7. The molecule has 4 nitrogen and oxygen atoms in total. The highest BCUT2D eigenvalue weighted by atomic mass is 16.5. The van der Waals surface area contributed by atoms with Crippen molar-refractivity contribution in [1.29, 1.82) is 0 Å². The Bertz CT molecular complexity index is 621. The summed E-state index contributed by atoms with van der Waals surface area (Å²) >= 11 is 0. The Balaban J connectivity index is 2.80. The van der Waals surface area contributed by atoms with Gasteiger partial charge in [0.25, 0.3) is 0 Å². The van der Waals surface area contributed by atoms with E-state index in [0.717, 1.165) is 16.3 Å². The largest absolute Gasteiger partial charge is 0.496 e. The molecule has 0 atom stereocenters. The lowest BCUT2D eigenvalue weighted by Gasteiger charge is -2.17. The highest BCUT2D eigenvalue weighted by Gasteiger charge is 2.16. The van der Waals surface area contributed by atoms with Crippen molar-refractivity contribution in [3.8, 4) is 5.75 Å². The number of nitrogens with zero attached hydrogens (tertiary/aromatic N) is 1. The van der Waals surface area contributed by atoms with Crippen molar-refractivity contribution < 1.29 is 9.53 Å². The molecule has 2 aromatic carbocycles. The Morgan fingerprint density at radius 3 is 2.42 bits per heavy atom. The summed E-state index contributed by atoms with van der Waals surface area (Å²) in [7, 11) is 5.52. The molecule has 2 aromatic rings. The summed E-state index contributed by atoms with van der Waals surface area (Å²) in [5.41, 5.74) is 6.95. The van der Waals surface area contributed by atoms with Gasteiger partial charge in [-0.15, -0.1) is 0 Å². The van der Waals surface area contributed by atoms with Crippen molar-refractivity contribution in [3.05, 3.63) is 41.5 Å². The zero-order valence-electron chi connectivity index (χ0n) is 11.4. The van der Waals surface area contributed by atoms with Crippen molar-refractivity contribution in [2.24, 2.45) is 5.73 Å². The average Bonchev–Trinajstić information content (AvgIpc) is 2.38. The van der Waals surface area contributed by atoms with Gasteiger partial charge < -0.3 is 15.4 Å². The predicted octanol–water partition coefficient (Wildman–Crippen LogP) is 2.01. The number of amides is 1. The van der Waals surface area contributed by atoms with E-state index in [-0.39, 0.29) is 0 Å². The fourth-order valence-corrected chi connectivity index (χ4v) is 2.28. The number of fused-ring (bicyclic) bond motifs is 1. The number of nitrogens with two attached hydrogens (primary N) is 1. The minimum absolute atomic E-state index is 0.430. The van der Waals surface area contributed by atoms with Crippen LogP contribution in [0.1, 0.15) is 15.9 Å². The van der Waals surface area contributed by atoms with Gasteiger partial charge >= 0.3 is 0 Å². The number of rotatable bonds is 4. The molecule has 0 heterocycles. The lowest BCUT2D eigenvalue weighted by Crippen LogP contribution is -2.19. The summed E-state index contributed by atoms with van der Waals surface area (Å²) in [5.74, 6) is 0.243. The predicted molar refractivity (Wildman–Crippen MR) is 76.4 cm³/mol. The molecule has 0 spiro atoms. The topological polar surface area (TPSA) is 55.6 Å². The van der Waals surface area contributed by atoms with Gasteiger partial charge in [-0.05, 0) is 31.1 Å². The van der Waals surface area contributed by atoms with Crippen LogP contribution in [0.2, 0.25) is 0 Å². The van der Waals surface area contributed by atoms with Gasteiger partial charge in [0.2, 0.25) is 5.91 Å². The number of methoxy groups -OCH3 is 1. The van der Waals surface area contributed by atoms with Crippen molar-refractivity contribution >= 4 is 16.7 Å². The third kappa shape index (κ3) is 2.53. The van der Waals surface area contributed by atoms with E-state index in [1.807, 2.05) is 43.3 Å². The van der Waals surface area contributed by atoms with Crippen LogP contribution in [0.4, 0.5) is 0 Å². The highest BCUT2D eigenvalue weighted by molar-refractivity contribution is 6.03. The lowest BCUT2D eigenvalue weighted by molar-refractivity contribution is 0.0998. The number of hydrogen-bond donors (Lipinski definition) is 1. The Morgan fingerprint density at radius 1 is 1.26 bits per heavy atom. The van der Waals surface area contributed by atoms with Gasteiger partial charge in [-0.2, -0.15) is 0 Å². The normalized spacial score (nSPS) is 10.9. The zero-order chi connectivity index (χ0) is 14.0. The van der Waals surface area contributed by atoms with Crippen molar-refractivity contribution in [2.45, 2.75) is 6.54 Å². The molecule has 0 bridgehead atoms. The summed E-state index contributed by atoms with van der Waals surface area (Å²) in [6.07, 6.45) is 0. The Kier molecular flexibility index (Phi) is 3.71. The Labute approximate surface area is 112 Å². The average molecular weight is 258 g/mol. The molecule has 0 aliphatic rings. The SMILES string of the molecule is COc1cc(C(N)=O)c(CN(C)C)c2ccccc12. The van der Waals surface area contributed by atoms with Crippen LogP contribution in [0.15, 0.2) is 30.3 Å². The van der Waals surface area contributed by atoms with Crippen LogP contribution in [-0.4, -0.2) is 32.0 Å². The minimum Gasteiger partial charge on any atom is -0.496 e. The summed E-state index contributed by atoms with van der Waals surface area (Å²) in [5, 5.41) is 2.00. The summed E-state index contributed by atoms with van der Waals surface area (Å²) in [6, 6.07) is 9.60. The fourth-order valence-electron chi connectivity index (χ4n) is 2.28. The molecule has 0 saturated carbocycles. The van der Waals surface area contributed by atoms with E-state index < -0.39 is 5.91 Å². The number of carbonyl (C=O) groups excluding carboxylic acids is 1. The van der Waals surface area contributed by atoms with E-state index in [1.54, 1.807) is 13.2 Å². The van der Waals surface area contributed by atoms with Gasteiger partial charge in [0.05, 0.1) is 7.11 Å². The summed E-state index contributed by atoms with van der Waals surface area (Å²) < 4.78 is 5.36. The molecule has 0 unspecified atom stereocenters. The highest BCUT2D eigenvalue weighted by Crippen LogP contribution is 2.31. The molecule has 2 N–H and O–H groups in total. The summed E-state index contributed by atoms with van der Waals surface area (Å²) in [4.78, 5) is 13.7. The zero-order valence-corrected chi connectivity index (χ0v) is 11.4. The molecule has 0 aromatic heterocycles. The number of hydrogen-bond acceptors (Lipinski definition) is 3. The number of primary amides is 1. The first kappa shape index (κ1) is 13.4. The lowest BCUT2D eigenvalue weighted by atomic mass is 9.97. The van der Waals surface area contributed by atoms with E-state index in [4.69, 9.17) is 10.5 Å². The first-order valence-electron chi connectivity index (χ1n) is 6.07. The van der Waals surface area contributed by atoms with Crippen molar-refractivity contribution in [1.82, 2.24) is 4.90 Å². The first-order chi connectivity index (χ1) is 9.04. The molecule has 0 fully saturated rings. The quantitative estimate of drug-likeness (QED) is 0.912. The van der Waals surface area contributed by atoms with E-state index in [0.29, 0.717) is 17.9 Å². The van der Waals surface area contributed by atoms with Crippen molar-refractivity contribution in [3.63, 3.8) is 0 Å². The van der Waals surface area contributed by atoms with E-state index >= 15 is 0 Å². The maximum atomic E-state index is 11.7. The third-order valence-electron chi connectivity index (χ3n) is 3.08.